The zero-order valence-electron chi connectivity index (χ0n) is 29.2. The molecule has 5 aromatic carbocycles. The summed E-state index contributed by atoms with van der Waals surface area (Å²) in [5.41, 5.74) is 7.38. The number of aromatic amines is 1. The summed E-state index contributed by atoms with van der Waals surface area (Å²) in [5.74, 6) is -0.496. The van der Waals surface area contributed by atoms with Gasteiger partial charge in [0.05, 0.1) is 46.8 Å². The van der Waals surface area contributed by atoms with Gasteiger partial charge in [-0.05, 0) is 46.5 Å². The molecule has 0 radical (unpaired) electrons. The van der Waals surface area contributed by atoms with E-state index in [1.807, 2.05) is 72.8 Å². The normalized spacial score (nSPS) is 12.4. The van der Waals surface area contributed by atoms with Crippen molar-refractivity contribution in [2.45, 2.75) is 24.4 Å². The van der Waals surface area contributed by atoms with Crippen LogP contribution < -0.4 is 10.6 Å². The van der Waals surface area contributed by atoms with Gasteiger partial charge in [0, 0.05) is 29.9 Å². The Morgan fingerprint density at radius 3 is 1.80 bits per heavy atom. The van der Waals surface area contributed by atoms with Crippen LogP contribution in [0.1, 0.15) is 38.9 Å². The van der Waals surface area contributed by atoms with Crippen LogP contribution in [-0.2, 0) is 12.0 Å². The smallest absolute Gasteiger partial charge is 0.289 e. The molecule has 3 aromatic heterocycles. The average Bonchev–Trinajstić information content (AvgIpc) is 3.81. The third-order valence-corrected chi connectivity index (χ3v) is 9.87. The number of hydrogen-bond acceptors (Lipinski definition) is 5. The van der Waals surface area contributed by atoms with Gasteiger partial charge in [-0.25, -0.2) is 18.7 Å². The summed E-state index contributed by atoms with van der Waals surface area (Å²) in [6.07, 6.45) is 1.01. The number of amides is 1. The average molecular weight is 718 g/mol. The molecule has 0 saturated carbocycles. The molecular formula is C44H37F2N7O. The second-order valence-corrected chi connectivity index (χ2v) is 13.2. The fraction of sp³-hybridized carbons (Fsp3) is 0.136. The molecule has 8 aromatic rings. The van der Waals surface area contributed by atoms with Gasteiger partial charge in [0.25, 0.3) is 12.3 Å². The lowest BCUT2D eigenvalue weighted by Crippen LogP contribution is -2.37. The summed E-state index contributed by atoms with van der Waals surface area (Å²) in [7, 11) is 0. The van der Waals surface area contributed by atoms with Crippen molar-refractivity contribution >= 4 is 27.8 Å². The second kappa shape index (κ2) is 15.2. The number of imidazole rings is 1. The topological polar surface area (TPSA) is 101 Å². The number of alkyl halides is 2. The lowest BCUT2D eigenvalue weighted by atomic mass is 9.69. The van der Waals surface area contributed by atoms with E-state index >= 15 is 0 Å². The molecule has 0 fully saturated rings. The zero-order valence-corrected chi connectivity index (χ0v) is 29.2. The van der Waals surface area contributed by atoms with Crippen LogP contribution in [0, 0.1) is 0 Å². The fourth-order valence-corrected chi connectivity index (χ4v) is 7.32. The number of H-pyrrole nitrogens is 1. The molecule has 0 aliphatic carbocycles. The fourth-order valence-electron chi connectivity index (χ4n) is 7.32. The Kier molecular flexibility index (Phi) is 9.74. The molecule has 10 heteroatoms. The lowest BCUT2D eigenvalue weighted by Gasteiger charge is -2.36. The number of nitrogens with zero attached hydrogens (tertiary/aromatic N) is 4. The number of nitrogens with one attached hydrogen (secondary N) is 3. The zero-order chi connectivity index (χ0) is 36.9. The molecule has 3 N–H and O–H groups in total. The van der Waals surface area contributed by atoms with Gasteiger partial charge in [-0.1, -0.05) is 121 Å². The SMILES string of the molecule is O=C(N[C@H](CNCC(F)F)c1ccccc1)c1nc2cc3c(-c4ccncc4)[nH]n(CC(c4ccccc4)(c4ccccc4)c4ccccc4)c3cc2n1. The molecule has 268 valence electrons. The molecular weight excluding hydrogens is 681 g/mol. The molecule has 0 unspecified atom stereocenters. The highest BCUT2D eigenvalue weighted by Crippen LogP contribution is 2.42. The van der Waals surface area contributed by atoms with Gasteiger partial charge in [-0.2, -0.15) is 0 Å². The van der Waals surface area contributed by atoms with Crippen molar-refractivity contribution in [3.05, 3.63) is 186 Å². The van der Waals surface area contributed by atoms with Gasteiger partial charge in [-0.15, -0.1) is 0 Å². The first-order valence-corrected chi connectivity index (χ1v) is 17.8. The molecule has 54 heavy (non-hydrogen) atoms. The number of hydrogen-bond donors (Lipinski definition) is 3. The predicted octanol–water partition coefficient (Wildman–Crippen LogP) is 8.34. The summed E-state index contributed by atoms with van der Waals surface area (Å²) in [5, 5.41) is 10.4. The highest BCUT2D eigenvalue weighted by Gasteiger charge is 2.37. The summed E-state index contributed by atoms with van der Waals surface area (Å²) in [6, 6.07) is 48.1. The second-order valence-electron chi connectivity index (χ2n) is 13.2. The van der Waals surface area contributed by atoms with Crippen LogP contribution in [0.15, 0.2) is 158 Å². The van der Waals surface area contributed by atoms with Crippen molar-refractivity contribution in [2.24, 2.45) is 0 Å². The number of pyridine rings is 1. The Balaban J connectivity index is 1.25. The highest BCUT2D eigenvalue weighted by atomic mass is 19.3. The number of halogens is 2. The minimum Gasteiger partial charge on any atom is -0.341 e. The maximum absolute atomic E-state index is 13.7. The minimum atomic E-state index is -2.51. The number of rotatable bonds is 13. The van der Waals surface area contributed by atoms with Crippen LogP contribution in [0.25, 0.3) is 33.2 Å². The Morgan fingerprint density at radius 2 is 1.24 bits per heavy atom. The van der Waals surface area contributed by atoms with Crippen molar-refractivity contribution in [3.63, 3.8) is 0 Å². The van der Waals surface area contributed by atoms with E-state index in [1.165, 1.54) is 0 Å². The summed E-state index contributed by atoms with van der Waals surface area (Å²) in [6.45, 7) is 0.137. The third kappa shape index (κ3) is 6.87. The predicted molar refractivity (Wildman–Crippen MR) is 207 cm³/mol. The van der Waals surface area contributed by atoms with E-state index in [1.54, 1.807) is 12.4 Å². The number of carbonyl (C=O) groups excluding carboxylic acids is 1. The van der Waals surface area contributed by atoms with E-state index in [4.69, 9.17) is 4.98 Å². The van der Waals surface area contributed by atoms with Gasteiger partial charge in [0.1, 0.15) is 0 Å². The molecule has 3 heterocycles. The lowest BCUT2D eigenvalue weighted by molar-refractivity contribution is 0.0925. The van der Waals surface area contributed by atoms with Gasteiger partial charge < -0.3 is 10.6 Å². The van der Waals surface area contributed by atoms with Crippen molar-refractivity contribution in [1.29, 1.82) is 0 Å². The summed E-state index contributed by atoms with van der Waals surface area (Å²) >= 11 is 0. The number of carbonyl (C=O) groups is 1. The maximum Gasteiger partial charge on any atom is 0.289 e. The third-order valence-electron chi connectivity index (χ3n) is 9.87. The van der Waals surface area contributed by atoms with Crippen LogP contribution in [0.2, 0.25) is 0 Å². The molecule has 1 amide bonds. The van der Waals surface area contributed by atoms with E-state index in [0.29, 0.717) is 17.6 Å². The van der Waals surface area contributed by atoms with Gasteiger partial charge in [-0.3, -0.25) is 19.6 Å². The van der Waals surface area contributed by atoms with Crippen LogP contribution in [0.5, 0.6) is 0 Å². The molecule has 8 nitrogen and oxygen atoms in total. The first-order chi connectivity index (χ1) is 26.5. The Hall–Kier alpha value is -6.52. The van der Waals surface area contributed by atoms with E-state index in [0.717, 1.165) is 44.4 Å². The molecule has 1 atom stereocenters. The van der Waals surface area contributed by atoms with Gasteiger partial charge in [0.15, 0.2) is 0 Å². The van der Waals surface area contributed by atoms with E-state index in [9.17, 15) is 13.6 Å². The number of aromatic nitrogens is 5. The first-order valence-electron chi connectivity index (χ1n) is 17.8. The molecule has 0 bridgehead atoms. The van der Waals surface area contributed by atoms with Crippen LogP contribution in [0.4, 0.5) is 8.78 Å². The molecule has 0 aliphatic rings. The van der Waals surface area contributed by atoms with E-state index < -0.39 is 30.3 Å². The maximum atomic E-state index is 13.7. The Labute approximate surface area is 310 Å². The number of benzene rings is 5. The largest absolute Gasteiger partial charge is 0.341 e. The molecule has 0 aliphatic heterocycles. The molecule has 0 saturated heterocycles. The summed E-state index contributed by atoms with van der Waals surface area (Å²) < 4.78 is 28.1. The standard InChI is InChI=1S/C44H37F2N7O/c45-40(46)28-48-27-38(30-13-5-1-6-14-30)51-43(54)42-49-36-25-35-39(26-37(36)50-42)53(52-41(35)31-21-23-47-24-22-31)29-44(32-15-7-2-8-16-32,33-17-9-3-10-18-33)34-19-11-4-12-20-34/h1-26,38,40,48,52H,27-29H2,(H,51,54)/t38-/m1/s1. The van der Waals surface area contributed by atoms with E-state index in [2.05, 4.69) is 103 Å². The van der Waals surface area contributed by atoms with Gasteiger partial charge >= 0.3 is 0 Å². The Morgan fingerprint density at radius 1 is 0.704 bits per heavy atom. The first kappa shape index (κ1) is 34.6. The van der Waals surface area contributed by atoms with Crippen molar-refractivity contribution in [1.82, 2.24) is 35.4 Å². The van der Waals surface area contributed by atoms with Crippen LogP contribution >= 0.6 is 0 Å². The molecule has 0 spiro atoms. The summed E-state index contributed by atoms with van der Waals surface area (Å²) in [4.78, 5) is 27.4. The van der Waals surface area contributed by atoms with Crippen molar-refractivity contribution < 1.29 is 13.6 Å². The monoisotopic (exact) mass is 717 g/mol. The van der Waals surface area contributed by atoms with Crippen LogP contribution in [-0.4, -0.2) is 50.2 Å². The Bertz CT molecular complexity index is 2380. The minimum absolute atomic E-state index is 0.000591. The quantitative estimate of drug-likeness (QED) is 0.104. The van der Waals surface area contributed by atoms with Crippen molar-refractivity contribution in [3.8, 4) is 11.3 Å². The van der Waals surface area contributed by atoms with Crippen molar-refractivity contribution in [2.75, 3.05) is 13.1 Å². The number of fused-ring (bicyclic) bond motifs is 2. The molecule has 8 rings (SSSR count). The van der Waals surface area contributed by atoms with E-state index in [-0.39, 0.29) is 12.4 Å². The van der Waals surface area contributed by atoms with Crippen LogP contribution in [0.3, 0.4) is 0 Å². The van der Waals surface area contributed by atoms with Gasteiger partial charge in [0.2, 0.25) is 5.82 Å². The highest BCUT2D eigenvalue weighted by molar-refractivity contribution is 6.03.